The van der Waals surface area contributed by atoms with Crippen LogP contribution in [0, 0.1) is 23.7 Å². The molecule has 1 heterocycles. The Hall–Kier alpha value is -0.570. The van der Waals surface area contributed by atoms with Gasteiger partial charge in [0.1, 0.15) is 0 Å². The fourth-order valence-electron chi connectivity index (χ4n) is 3.27. The van der Waals surface area contributed by atoms with E-state index in [4.69, 9.17) is 9.47 Å². The van der Waals surface area contributed by atoms with E-state index < -0.39 is 0 Å². The average molecular weight is 240 g/mol. The molecule has 1 aliphatic heterocycles. The summed E-state index contributed by atoms with van der Waals surface area (Å²) < 4.78 is 11.2. The van der Waals surface area contributed by atoms with Crippen molar-refractivity contribution in [2.24, 2.45) is 23.7 Å². The van der Waals surface area contributed by atoms with E-state index in [-0.39, 0.29) is 18.2 Å². The number of carbonyl (C=O) groups is 1. The molecule has 1 aliphatic carbocycles. The minimum atomic E-state index is -0.305. The zero-order valence-corrected chi connectivity index (χ0v) is 11.1. The Morgan fingerprint density at radius 2 is 2.12 bits per heavy atom. The minimum absolute atomic E-state index is 0.0281. The molecule has 3 heteroatoms. The van der Waals surface area contributed by atoms with Crippen LogP contribution < -0.4 is 0 Å². The topological polar surface area (TPSA) is 35.5 Å². The molecule has 2 aliphatic rings. The van der Waals surface area contributed by atoms with Gasteiger partial charge in [0.05, 0.1) is 12.5 Å². The van der Waals surface area contributed by atoms with E-state index in [9.17, 15) is 4.79 Å². The number of ether oxygens (including phenoxy) is 2. The van der Waals surface area contributed by atoms with Crippen molar-refractivity contribution < 1.29 is 14.3 Å². The van der Waals surface area contributed by atoms with Crippen LogP contribution in [0.25, 0.3) is 0 Å². The third-order valence-electron chi connectivity index (χ3n) is 4.42. The Labute approximate surface area is 104 Å². The molecule has 0 spiro atoms. The van der Waals surface area contributed by atoms with Crippen LogP contribution in [0.1, 0.15) is 46.5 Å². The van der Waals surface area contributed by atoms with Crippen LogP contribution in [0.2, 0.25) is 0 Å². The molecule has 0 aromatic carbocycles. The molecule has 1 saturated heterocycles. The van der Waals surface area contributed by atoms with Gasteiger partial charge in [-0.25, -0.2) is 0 Å². The Morgan fingerprint density at radius 3 is 2.82 bits per heavy atom. The summed E-state index contributed by atoms with van der Waals surface area (Å²) >= 11 is 0. The van der Waals surface area contributed by atoms with Crippen molar-refractivity contribution in [1.29, 1.82) is 0 Å². The van der Waals surface area contributed by atoms with Crippen molar-refractivity contribution in [2.75, 3.05) is 6.61 Å². The highest BCUT2D eigenvalue weighted by molar-refractivity contribution is 5.74. The zero-order valence-electron chi connectivity index (χ0n) is 11.1. The zero-order chi connectivity index (χ0) is 12.4. The van der Waals surface area contributed by atoms with Crippen LogP contribution in [-0.4, -0.2) is 18.9 Å². The van der Waals surface area contributed by atoms with Crippen LogP contribution in [0.3, 0.4) is 0 Å². The molecular formula is C14H24O3. The fourth-order valence-corrected chi connectivity index (χ4v) is 3.27. The summed E-state index contributed by atoms with van der Waals surface area (Å²) in [5, 5.41) is 0. The average Bonchev–Trinajstić information content (AvgIpc) is 2.68. The van der Waals surface area contributed by atoms with Gasteiger partial charge in [0.25, 0.3) is 0 Å². The Kier molecular flexibility index (Phi) is 4.08. The maximum Gasteiger partial charge on any atom is 0.311 e. The molecule has 2 rings (SSSR count). The first-order valence-corrected chi connectivity index (χ1v) is 6.97. The maximum absolute atomic E-state index is 12.0. The molecule has 0 N–H and O–H groups in total. The SMILES string of the molecule is CCCCOC1OC(=O)[C@H]2[C@H](CC[C@@H]2C)C1C. The lowest BCUT2D eigenvalue weighted by Gasteiger charge is -2.37. The van der Waals surface area contributed by atoms with E-state index in [1.54, 1.807) is 0 Å². The molecule has 0 radical (unpaired) electrons. The van der Waals surface area contributed by atoms with Crippen LogP contribution in [0.5, 0.6) is 0 Å². The highest BCUT2D eigenvalue weighted by atomic mass is 16.7. The van der Waals surface area contributed by atoms with E-state index in [2.05, 4.69) is 20.8 Å². The van der Waals surface area contributed by atoms with Gasteiger partial charge >= 0.3 is 5.97 Å². The van der Waals surface area contributed by atoms with E-state index >= 15 is 0 Å². The van der Waals surface area contributed by atoms with Crippen molar-refractivity contribution in [3.63, 3.8) is 0 Å². The summed E-state index contributed by atoms with van der Waals surface area (Å²) in [7, 11) is 0. The lowest BCUT2D eigenvalue weighted by atomic mass is 9.80. The van der Waals surface area contributed by atoms with E-state index in [1.807, 2.05) is 0 Å². The lowest BCUT2D eigenvalue weighted by molar-refractivity contribution is -0.219. The standard InChI is InChI=1S/C14H24O3/c1-4-5-8-16-14-10(3)11-7-6-9(2)12(11)13(15)17-14/h9-12,14H,4-8H2,1-3H3/t9-,10?,11+,12+,14?/m0/s1. The van der Waals surface area contributed by atoms with E-state index in [0.29, 0.717) is 24.4 Å². The van der Waals surface area contributed by atoms with Crippen LogP contribution in [0.4, 0.5) is 0 Å². The number of carbonyl (C=O) groups excluding carboxylic acids is 1. The second-order valence-electron chi connectivity index (χ2n) is 5.63. The molecular weight excluding hydrogens is 216 g/mol. The number of unbranched alkanes of at least 4 members (excludes halogenated alkanes) is 1. The van der Waals surface area contributed by atoms with E-state index in [1.165, 1.54) is 0 Å². The fraction of sp³-hybridized carbons (Fsp3) is 0.929. The van der Waals surface area contributed by atoms with Gasteiger partial charge in [0.15, 0.2) is 0 Å². The summed E-state index contributed by atoms with van der Waals surface area (Å²) in [6.45, 7) is 7.16. The van der Waals surface area contributed by atoms with Gasteiger partial charge in [-0.05, 0) is 31.1 Å². The van der Waals surface area contributed by atoms with E-state index in [0.717, 1.165) is 25.7 Å². The first kappa shape index (κ1) is 12.9. The summed E-state index contributed by atoms with van der Waals surface area (Å²) in [4.78, 5) is 12.0. The molecule has 2 unspecified atom stereocenters. The predicted molar refractivity (Wildman–Crippen MR) is 65.3 cm³/mol. The highest BCUT2D eigenvalue weighted by Crippen LogP contribution is 2.46. The molecule has 0 amide bonds. The third-order valence-corrected chi connectivity index (χ3v) is 4.42. The van der Waals surface area contributed by atoms with Gasteiger partial charge in [0, 0.05) is 5.92 Å². The predicted octanol–water partition coefficient (Wildman–Crippen LogP) is 2.98. The Morgan fingerprint density at radius 1 is 1.35 bits per heavy atom. The number of rotatable bonds is 4. The van der Waals surface area contributed by atoms with Gasteiger partial charge in [-0.3, -0.25) is 4.79 Å². The number of esters is 1. The molecule has 98 valence electrons. The largest absolute Gasteiger partial charge is 0.435 e. The number of cyclic esters (lactones) is 1. The molecule has 5 atom stereocenters. The van der Waals surface area contributed by atoms with Gasteiger partial charge in [-0.2, -0.15) is 0 Å². The Balaban J connectivity index is 1.96. The van der Waals surface area contributed by atoms with Crippen molar-refractivity contribution in [3.05, 3.63) is 0 Å². The number of hydrogen-bond acceptors (Lipinski definition) is 3. The van der Waals surface area contributed by atoms with Crippen molar-refractivity contribution in [1.82, 2.24) is 0 Å². The molecule has 0 bridgehead atoms. The smallest absolute Gasteiger partial charge is 0.311 e. The lowest BCUT2D eigenvalue weighted by Crippen LogP contribution is -2.44. The minimum Gasteiger partial charge on any atom is -0.435 e. The molecule has 17 heavy (non-hydrogen) atoms. The van der Waals surface area contributed by atoms with Crippen LogP contribution in [-0.2, 0) is 14.3 Å². The molecule has 0 aromatic heterocycles. The maximum atomic E-state index is 12.0. The molecule has 1 saturated carbocycles. The van der Waals surface area contributed by atoms with Gasteiger partial charge in [-0.1, -0.05) is 27.2 Å². The molecule has 3 nitrogen and oxygen atoms in total. The Bertz CT molecular complexity index is 277. The summed E-state index contributed by atoms with van der Waals surface area (Å²) in [5.41, 5.74) is 0. The second kappa shape index (κ2) is 5.38. The molecule has 0 aromatic rings. The highest BCUT2D eigenvalue weighted by Gasteiger charge is 2.49. The summed E-state index contributed by atoms with van der Waals surface area (Å²) in [6, 6.07) is 0. The van der Waals surface area contributed by atoms with Gasteiger partial charge in [-0.15, -0.1) is 0 Å². The normalized spacial score (nSPS) is 41.1. The third kappa shape index (κ3) is 2.49. The van der Waals surface area contributed by atoms with Crippen molar-refractivity contribution in [3.8, 4) is 0 Å². The van der Waals surface area contributed by atoms with Gasteiger partial charge in [0.2, 0.25) is 6.29 Å². The van der Waals surface area contributed by atoms with Crippen molar-refractivity contribution >= 4 is 5.97 Å². The first-order chi connectivity index (χ1) is 8.15. The molecule has 2 fully saturated rings. The van der Waals surface area contributed by atoms with Gasteiger partial charge < -0.3 is 9.47 Å². The number of fused-ring (bicyclic) bond motifs is 1. The first-order valence-electron chi connectivity index (χ1n) is 6.97. The quantitative estimate of drug-likeness (QED) is 0.560. The summed E-state index contributed by atoms with van der Waals surface area (Å²) in [5.74, 6) is 1.39. The van der Waals surface area contributed by atoms with Crippen LogP contribution >= 0.6 is 0 Å². The monoisotopic (exact) mass is 240 g/mol. The van der Waals surface area contributed by atoms with Crippen LogP contribution in [0.15, 0.2) is 0 Å². The van der Waals surface area contributed by atoms with Crippen molar-refractivity contribution in [2.45, 2.75) is 52.7 Å². The number of hydrogen-bond donors (Lipinski definition) is 0. The summed E-state index contributed by atoms with van der Waals surface area (Å²) in [6.07, 6.45) is 4.14. The second-order valence-corrected chi connectivity index (χ2v) is 5.63.